The summed E-state index contributed by atoms with van der Waals surface area (Å²) in [6.07, 6.45) is -0.451. The van der Waals surface area contributed by atoms with Gasteiger partial charge in [-0.3, -0.25) is 0 Å². The third-order valence-electron chi connectivity index (χ3n) is 3.01. The highest BCUT2D eigenvalue weighted by Gasteiger charge is 2.31. The van der Waals surface area contributed by atoms with Gasteiger partial charge in [0.25, 0.3) is 0 Å². The molecule has 0 amide bonds. The summed E-state index contributed by atoms with van der Waals surface area (Å²) in [6, 6.07) is 5.14. The van der Waals surface area contributed by atoms with E-state index < -0.39 is 16.1 Å². The third kappa shape index (κ3) is 3.17. The predicted molar refractivity (Wildman–Crippen MR) is 74.5 cm³/mol. The molecule has 2 rings (SSSR count). The maximum atomic E-state index is 12.5. The first-order valence-electron chi connectivity index (χ1n) is 5.94. The summed E-state index contributed by atoms with van der Waals surface area (Å²) >= 11 is 3.30. The summed E-state index contributed by atoms with van der Waals surface area (Å²) < 4.78 is 32.3. The second kappa shape index (κ2) is 5.88. The van der Waals surface area contributed by atoms with Crippen molar-refractivity contribution in [2.45, 2.75) is 17.9 Å². The summed E-state index contributed by atoms with van der Waals surface area (Å²) in [5, 5.41) is 9.08. The Balaban J connectivity index is 2.31. The van der Waals surface area contributed by atoms with Gasteiger partial charge in [0.1, 0.15) is 0 Å². The van der Waals surface area contributed by atoms with Crippen LogP contribution >= 0.6 is 15.9 Å². The van der Waals surface area contributed by atoms with E-state index in [-0.39, 0.29) is 18.0 Å². The van der Waals surface area contributed by atoms with Gasteiger partial charge >= 0.3 is 0 Å². The molecule has 1 saturated heterocycles. The standard InChI is InChI=1S/C12H16BrNO4S/c1-9-2-3-12(11(13)6-9)19(16,17)14-4-5-18-10(7-14)8-15/h2-3,6,10,15H,4-5,7-8H2,1H3. The van der Waals surface area contributed by atoms with Crippen molar-refractivity contribution >= 4 is 26.0 Å². The third-order valence-corrected chi connectivity index (χ3v) is 5.85. The predicted octanol–water partition coefficient (Wildman–Crippen LogP) is 1.14. The highest BCUT2D eigenvalue weighted by atomic mass is 79.9. The molecule has 19 heavy (non-hydrogen) atoms. The Hall–Kier alpha value is -0.470. The van der Waals surface area contributed by atoms with Crippen LogP contribution in [0.15, 0.2) is 27.6 Å². The number of halogens is 1. The average Bonchev–Trinajstić information content (AvgIpc) is 2.38. The molecule has 0 aromatic heterocycles. The molecule has 0 bridgehead atoms. The van der Waals surface area contributed by atoms with Crippen molar-refractivity contribution in [1.29, 1.82) is 0 Å². The number of morpholine rings is 1. The molecular weight excluding hydrogens is 334 g/mol. The first kappa shape index (κ1) is 14.9. The number of ether oxygens (including phenoxy) is 1. The number of hydrogen-bond acceptors (Lipinski definition) is 4. The molecule has 5 nitrogen and oxygen atoms in total. The van der Waals surface area contributed by atoms with Crippen LogP contribution in [-0.4, -0.2) is 50.2 Å². The van der Waals surface area contributed by atoms with E-state index in [0.29, 0.717) is 17.6 Å². The van der Waals surface area contributed by atoms with E-state index >= 15 is 0 Å². The van der Waals surface area contributed by atoms with Crippen LogP contribution < -0.4 is 0 Å². The molecule has 0 aliphatic carbocycles. The van der Waals surface area contributed by atoms with Crippen LogP contribution in [0.4, 0.5) is 0 Å². The van der Waals surface area contributed by atoms with E-state index in [2.05, 4.69) is 15.9 Å². The Morgan fingerprint density at radius 3 is 2.89 bits per heavy atom. The van der Waals surface area contributed by atoms with Crippen molar-refractivity contribution in [2.24, 2.45) is 0 Å². The molecule has 1 heterocycles. The number of nitrogens with zero attached hydrogens (tertiary/aromatic N) is 1. The van der Waals surface area contributed by atoms with Crippen molar-refractivity contribution in [2.75, 3.05) is 26.3 Å². The summed E-state index contributed by atoms with van der Waals surface area (Å²) in [6.45, 7) is 2.50. The number of sulfonamides is 1. The zero-order valence-electron chi connectivity index (χ0n) is 10.5. The largest absolute Gasteiger partial charge is 0.394 e. The highest BCUT2D eigenvalue weighted by Crippen LogP contribution is 2.27. The maximum absolute atomic E-state index is 12.5. The molecule has 1 unspecified atom stereocenters. The fourth-order valence-electron chi connectivity index (χ4n) is 1.98. The van der Waals surface area contributed by atoms with Gasteiger partial charge in [0.2, 0.25) is 10.0 Å². The molecule has 1 atom stereocenters. The lowest BCUT2D eigenvalue weighted by atomic mass is 10.2. The van der Waals surface area contributed by atoms with Gasteiger partial charge in [0.15, 0.2) is 0 Å². The van der Waals surface area contributed by atoms with Gasteiger partial charge in [-0.1, -0.05) is 6.07 Å². The van der Waals surface area contributed by atoms with Gasteiger partial charge in [-0.15, -0.1) is 0 Å². The van der Waals surface area contributed by atoms with E-state index in [1.807, 2.05) is 6.92 Å². The smallest absolute Gasteiger partial charge is 0.244 e. The summed E-state index contributed by atoms with van der Waals surface area (Å²) in [5.74, 6) is 0. The molecule has 7 heteroatoms. The van der Waals surface area contributed by atoms with Gasteiger partial charge < -0.3 is 9.84 Å². The quantitative estimate of drug-likeness (QED) is 0.888. The molecule has 106 valence electrons. The minimum atomic E-state index is -3.56. The number of benzene rings is 1. The van der Waals surface area contributed by atoms with Gasteiger partial charge in [0, 0.05) is 17.6 Å². The van der Waals surface area contributed by atoms with Crippen LogP contribution in [-0.2, 0) is 14.8 Å². The number of hydrogen-bond donors (Lipinski definition) is 1. The van der Waals surface area contributed by atoms with Crippen LogP contribution in [0.2, 0.25) is 0 Å². The molecule has 1 N–H and O–H groups in total. The fraction of sp³-hybridized carbons (Fsp3) is 0.500. The molecule has 1 aromatic carbocycles. The average molecular weight is 350 g/mol. The highest BCUT2D eigenvalue weighted by molar-refractivity contribution is 9.10. The zero-order valence-corrected chi connectivity index (χ0v) is 12.9. The number of aryl methyl sites for hydroxylation is 1. The molecule has 0 saturated carbocycles. The first-order valence-corrected chi connectivity index (χ1v) is 8.17. The minimum Gasteiger partial charge on any atom is -0.394 e. The summed E-state index contributed by atoms with van der Waals surface area (Å²) in [5.41, 5.74) is 0.987. The van der Waals surface area contributed by atoms with Crippen molar-refractivity contribution in [3.8, 4) is 0 Å². The van der Waals surface area contributed by atoms with Gasteiger partial charge in [-0.2, -0.15) is 4.31 Å². The van der Waals surface area contributed by atoms with E-state index in [4.69, 9.17) is 9.84 Å². The Bertz CT molecular complexity index is 561. The molecule has 0 radical (unpaired) electrons. The number of aliphatic hydroxyl groups excluding tert-OH is 1. The normalized spacial score (nSPS) is 21.5. The molecular formula is C12H16BrNO4S. The second-order valence-electron chi connectivity index (χ2n) is 4.47. The first-order chi connectivity index (χ1) is 8.95. The number of aliphatic hydroxyl groups is 1. The maximum Gasteiger partial charge on any atom is 0.244 e. The van der Waals surface area contributed by atoms with Crippen LogP contribution in [0.25, 0.3) is 0 Å². The lowest BCUT2D eigenvalue weighted by Crippen LogP contribution is -2.46. The molecule has 1 aromatic rings. The van der Waals surface area contributed by atoms with Gasteiger partial charge in [-0.05, 0) is 40.5 Å². The van der Waals surface area contributed by atoms with E-state index in [9.17, 15) is 8.42 Å². The second-order valence-corrected chi connectivity index (χ2v) is 7.23. The van der Waals surface area contributed by atoms with E-state index in [1.165, 1.54) is 4.31 Å². The topological polar surface area (TPSA) is 66.8 Å². The summed E-state index contributed by atoms with van der Waals surface area (Å²) in [4.78, 5) is 0.247. The van der Waals surface area contributed by atoms with Gasteiger partial charge in [-0.25, -0.2) is 8.42 Å². The van der Waals surface area contributed by atoms with Crippen LogP contribution in [0.1, 0.15) is 5.56 Å². The lowest BCUT2D eigenvalue weighted by molar-refractivity contribution is -0.0304. The Morgan fingerprint density at radius 1 is 1.53 bits per heavy atom. The zero-order chi connectivity index (χ0) is 14.0. The molecule has 1 aliphatic heterocycles. The van der Waals surface area contributed by atoms with Crippen molar-refractivity contribution < 1.29 is 18.3 Å². The van der Waals surface area contributed by atoms with Crippen LogP contribution in [0.3, 0.4) is 0 Å². The fourth-order valence-corrected chi connectivity index (χ4v) is 4.58. The van der Waals surface area contributed by atoms with E-state index in [0.717, 1.165) is 5.56 Å². The minimum absolute atomic E-state index is 0.179. The van der Waals surface area contributed by atoms with Gasteiger partial charge in [0.05, 0.1) is 24.2 Å². The lowest BCUT2D eigenvalue weighted by Gasteiger charge is -2.31. The summed E-state index contributed by atoms with van der Waals surface area (Å²) in [7, 11) is -3.56. The molecule has 1 fully saturated rings. The number of rotatable bonds is 3. The monoisotopic (exact) mass is 349 g/mol. The van der Waals surface area contributed by atoms with Crippen LogP contribution in [0.5, 0.6) is 0 Å². The van der Waals surface area contributed by atoms with Crippen molar-refractivity contribution in [3.63, 3.8) is 0 Å². The Morgan fingerprint density at radius 2 is 2.26 bits per heavy atom. The van der Waals surface area contributed by atoms with Crippen LogP contribution in [0, 0.1) is 6.92 Å². The molecule has 0 spiro atoms. The Labute approximate surface area is 121 Å². The molecule has 1 aliphatic rings. The van der Waals surface area contributed by atoms with E-state index in [1.54, 1.807) is 18.2 Å². The van der Waals surface area contributed by atoms with Crippen molar-refractivity contribution in [1.82, 2.24) is 4.31 Å². The Kier molecular flexibility index (Phi) is 4.62. The SMILES string of the molecule is Cc1ccc(S(=O)(=O)N2CCOC(CO)C2)c(Br)c1. The van der Waals surface area contributed by atoms with Crippen molar-refractivity contribution in [3.05, 3.63) is 28.2 Å².